The molecular weight excluding hydrogens is 506 g/mol. The molecule has 7 heteroatoms. The number of fused-ring (bicyclic) bond motifs is 5. The van der Waals surface area contributed by atoms with Crippen LogP contribution in [0.1, 0.15) is 91.0 Å². The third-order valence-corrected chi connectivity index (χ3v) is 11.6. The molecule has 1 N–H and O–H groups in total. The largest absolute Gasteiger partial charge is 0.445 e. The van der Waals surface area contributed by atoms with Crippen LogP contribution in [0.2, 0.25) is 0 Å². The third kappa shape index (κ3) is 5.68. The van der Waals surface area contributed by atoms with E-state index in [-0.39, 0.29) is 36.9 Å². The molecule has 0 spiro atoms. The molecule has 1 aromatic rings. The minimum absolute atomic E-state index is 0.113. The van der Waals surface area contributed by atoms with Crippen LogP contribution in [-0.2, 0) is 30.4 Å². The van der Waals surface area contributed by atoms with Gasteiger partial charge in [0.25, 0.3) is 0 Å². The monoisotopic (exact) mass is 553 g/mol. The first-order chi connectivity index (χ1) is 19.0. The summed E-state index contributed by atoms with van der Waals surface area (Å²) in [6.07, 6.45) is 9.58. The van der Waals surface area contributed by atoms with Gasteiger partial charge >= 0.3 is 12.1 Å². The first-order valence-corrected chi connectivity index (χ1v) is 15.3. The Morgan fingerprint density at radius 3 is 2.38 bits per heavy atom. The highest BCUT2D eigenvalue weighted by molar-refractivity contribution is 5.79. The van der Waals surface area contributed by atoms with E-state index in [2.05, 4.69) is 26.1 Å². The van der Waals surface area contributed by atoms with E-state index in [9.17, 15) is 14.4 Å². The van der Waals surface area contributed by atoms with E-state index >= 15 is 0 Å². The van der Waals surface area contributed by atoms with Gasteiger partial charge in [-0.3, -0.25) is 9.59 Å². The van der Waals surface area contributed by atoms with Crippen molar-refractivity contribution in [2.45, 2.75) is 97.7 Å². The maximum Gasteiger partial charge on any atom is 0.407 e. The van der Waals surface area contributed by atoms with Crippen molar-refractivity contribution in [3.05, 3.63) is 35.9 Å². The average molecular weight is 554 g/mol. The number of rotatable bonds is 8. The number of hydrogen-bond donors (Lipinski definition) is 1. The molecule has 0 aromatic heterocycles. The topological polar surface area (TPSA) is 90.9 Å². The van der Waals surface area contributed by atoms with Crippen molar-refractivity contribution in [3.8, 4) is 0 Å². The van der Waals surface area contributed by atoms with Crippen LogP contribution < -0.4 is 5.32 Å². The molecule has 7 nitrogen and oxygen atoms in total. The molecule has 1 amide bonds. The summed E-state index contributed by atoms with van der Waals surface area (Å²) in [5.41, 5.74) is 1.05. The Bertz CT molecular complexity index is 1090. The number of esters is 1. The molecule has 4 aliphatic carbocycles. The predicted molar refractivity (Wildman–Crippen MR) is 151 cm³/mol. The van der Waals surface area contributed by atoms with Gasteiger partial charge in [0.05, 0.1) is 5.60 Å². The van der Waals surface area contributed by atoms with Crippen molar-refractivity contribution in [3.63, 3.8) is 0 Å². The SMILES string of the molecule is CC(=O)[C@H]1CC[C@H]2[C@@H]3CC[C@H]4C[C@](C)(OCOC(=O)CNC(=O)OCc5ccccc5)CC[C@]4(C)[C@H]3CC[C@]12C. The molecule has 8 atom stereocenters. The van der Waals surface area contributed by atoms with E-state index in [0.717, 1.165) is 43.1 Å². The molecule has 5 rings (SSSR count). The molecule has 4 saturated carbocycles. The average Bonchev–Trinajstić information content (AvgIpc) is 3.29. The zero-order valence-electron chi connectivity index (χ0n) is 24.7. The minimum atomic E-state index is -0.659. The van der Waals surface area contributed by atoms with Crippen molar-refractivity contribution >= 4 is 17.8 Å². The Morgan fingerprint density at radius 2 is 1.62 bits per heavy atom. The second kappa shape index (κ2) is 11.5. The van der Waals surface area contributed by atoms with Crippen molar-refractivity contribution in [1.29, 1.82) is 0 Å². The number of amides is 1. The van der Waals surface area contributed by atoms with Gasteiger partial charge in [-0.1, -0.05) is 44.2 Å². The fourth-order valence-corrected chi connectivity index (χ4v) is 9.42. The zero-order valence-corrected chi connectivity index (χ0v) is 24.7. The maximum absolute atomic E-state index is 12.4. The number of carbonyl (C=O) groups excluding carboxylic acids is 3. The summed E-state index contributed by atoms with van der Waals surface area (Å²) in [6.45, 7) is 8.66. The van der Waals surface area contributed by atoms with Gasteiger partial charge < -0.3 is 19.5 Å². The van der Waals surface area contributed by atoms with Gasteiger partial charge in [0.15, 0.2) is 6.79 Å². The molecule has 0 saturated heterocycles. The lowest BCUT2D eigenvalue weighted by molar-refractivity contribution is -0.197. The second-order valence-electron chi connectivity index (χ2n) is 13.8. The quantitative estimate of drug-likeness (QED) is 0.294. The van der Waals surface area contributed by atoms with Gasteiger partial charge in [0.2, 0.25) is 0 Å². The Labute approximate surface area is 239 Å². The summed E-state index contributed by atoms with van der Waals surface area (Å²) in [7, 11) is 0. The third-order valence-electron chi connectivity index (χ3n) is 11.6. The summed E-state index contributed by atoms with van der Waals surface area (Å²) >= 11 is 0. The molecule has 1 aromatic carbocycles. The van der Waals surface area contributed by atoms with Crippen molar-refractivity contribution < 1.29 is 28.6 Å². The van der Waals surface area contributed by atoms with E-state index in [1.54, 1.807) is 6.92 Å². The van der Waals surface area contributed by atoms with Crippen LogP contribution in [0, 0.1) is 40.4 Å². The Hall–Kier alpha value is -2.41. The highest BCUT2D eigenvalue weighted by Gasteiger charge is 2.61. The van der Waals surface area contributed by atoms with Crippen LogP contribution in [0.4, 0.5) is 4.79 Å². The number of alkyl carbamates (subject to hydrolysis) is 1. The number of ketones is 1. The van der Waals surface area contributed by atoms with Gasteiger partial charge in [-0.05, 0) is 112 Å². The Morgan fingerprint density at radius 1 is 0.875 bits per heavy atom. The van der Waals surface area contributed by atoms with Gasteiger partial charge in [0, 0.05) is 5.92 Å². The van der Waals surface area contributed by atoms with Crippen LogP contribution in [-0.4, -0.2) is 36.8 Å². The highest BCUT2D eigenvalue weighted by Crippen LogP contribution is 2.68. The van der Waals surface area contributed by atoms with Crippen LogP contribution >= 0.6 is 0 Å². The zero-order chi connectivity index (χ0) is 28.5. The number of carbonyl (C=O) groups is 3. The fraction of sp³-hybridized carbons (Fsp3) is 0.727. The second-order valence-corrected chi connectivity index (χ2v) is 13.8. The molecule has 0 radical (unpaired) electrons. The summed E-state index contributed by atoms with van der Waals surface area (Å²) in [4.78, 5) is 36.5. The molecule has 220 valence electrons. The molecule has 0 bridgehead atoms. The number of Topliss-reactive ketones (excluding diaryl/α,β-unsaturated/α-hetero) is 1. The molecule has 0 aliphatic heterocycles. The Balaban J connectivity index is 1.07. The molecular formula is C33H47NO6. The lowest BCUT2D eigenvalue weighted by Gasteiger charge is -2.62. The standard InChI is InChI=1S/C33H47NO6/c1-22(35)26-12-13-27-25-11-10-24-18-31(2,16-17-32(24,3)28(25)14-15-33(26,27)4)40-21-39-29(36)19-34-30(37)38-20-23-8-6-5-7-9-23/h5-9,24-28H,10-21H2,1-4H3,(H,34,37)/t24-,25-,26+,27-,28-,31+,32-,33+/m0/s1. The molecule has 0 heterocycles. The van der Waals surface area contributed by atoms with E-state index in [4.69, 9.17) is 14.2 Å². The summed E-state index contributed by atoms with van der Waals surface area (Å²) < 4.78 is 16.6. The van der Waals surface area contributed by atoms with Gasteiger partial charge in [0.1, 0.15) is 18.9 Å². The Kier molecular flexibility index (Phi) is 8.34. The number of nitrogens with one attached hydrogen (secondary N) is 1. The van der Waals surface area contributed by atoms with Crippen LogP contribution in [0.25, 0.3) is 0 Å². The molecule has 4 aliphatic rings. The summed E-state index contributed by atoms with van der Waals surface area (Å²) in [5.74, 6) is 2.85. The van der Waals surface area contributed by atoms with E-state index in [0.29, 0.717) is 23.0 Å². The van der Waals surface area contributed by atoms with Crippen LogP contribution in [0.15, 0.2) is 30.3 Å². The predicted octanol–water partition coefficient (Wildman–Crippen LogP) is 6.44. The summed E-state index contributed by atoms with van der Waals surface area (Å²) in [6, 6.07) is 9.37. The van der Waals surface area contributed by atoms with Crippen molar-refractivity contribution in [2.75, 3.05) is 13.3 Å². The van der Waals surface area contributed by atoms with Crippen molar-refractivity contribution in [2.24, 2.45) is 40.4 Å². The minimum Gasteiger partial charge on any atom is -0.445 e. The maximum atomic E-state index is 12.4. The molecule has 0 unspecified atom stereocenters. The summed E-state index contributed by atoms with van der Waals surface area (Å²) in [5, 5.41) is 2.44. The number of ether oxygens (including phenoxy) is 3. The normalized spacial score (nSPS) is 38.4. The van der Waals surface area contributed by atoms with Gasteiger partial charge in [-0.15, -0.1) is 0 Å². The number of benzene rings is 1. The van der Waals surface area contributed by atoms with Crippen molar-refractivity contribution in [1.82, 2.24) is 5.32 Å². The molecule has 40 heavy (non-hydrogen) atoms. The molecule has 4 fully saturated rings. The highest BCUT2D eigenvalue weighted by atomic mass is 16.7. The lowest BCUT2D eigenvalue weighted by Crippen LogP contribution is -2.56. The van der Waals surface area contributed by atoms with Gasteiger partial charge in [-0.2, -0.15) is 0 Å². The van der Waals surface area contributed by atoms with Crippen LogP contribution in [0.5, 0.6) is 0 Å². The first kappa shape index (κ1) is 29.1. The smallest absolute Gasteiger partial charge is 0.407 e. The van der Waals surface area contributed by atoms with E-state index in [1.165, 1.54) is 32.1 Å². The van der Waals surface area contributed by atoms with Crippen LogP contribution in [0.3, 0.4) is 0 Å². The van der Waals surface area contributed by atoms with Gasteiger partial charge in [-0.25, -0.2) is 4.79 Å². The van der Waals surface area contributed by atoms with E-state index in [1.807, 2.05) is 30.3 Å². The first-order valence-electron chi connectivity index (χ1n) is 15.3. The number of hydrogen-bond acceptors (Lipinski definition) is 6. The van der Waals surface area contributed by atoms with E-state index < -0.39 is 12.1 Å². The lowest BCUT2D eigenvalue weighted by atomic mass is 9.44. The fourth-order valence-electron chi connectivity index (χ4n) is 9.42.